The number of hydrogen-bond donors (Lipinski definition) is 0. The molecule has 0 bridgehead atoms. The van der Waals surface area contributed by atoms with Gasteiger partial charge in [-0.2, -0.15) is 0 Å². The van der Waals surface area contributed by atoms with Crippen molar-refractivity contribution in [2.24, 2.45) is 0 Å². The van der Waals surface area contributed by atoms with Crippen LogP contribution in [0.5, 0.6) is 0 Å². The highest BCUT2D eigenvalue weighted by Crippen LogP contribution is 2.40. The van der Waals surface area contributed by atoms with Gasteiger partial charge >= 0.3 is 0 Å². The minimum absolute atomic E-state index is 0.123. The Hall–Kier alpha value is -3.05. The van der Waals surface area contributed by atoms with Gasteiger partial charge in [-0.3, -0.25) is 14.5 Å². The third kappa shape index (κ3) is 3.41. The number of benzene rings is 2. The maximum atomic E-state index is 13.2. The number of rotatable bonds is 5. The molecule has 1 aromatic heterocycles. The molecule has 0 saturated heterocycles. The molecule has 0 radical (unpaired) electrons. The molecule has 140 valence electrons. The van der Waals surface area contributed by atoms with Gasteiger partial charge in [0, 0.05) is 4.90 Å². The first kappa shape index (κ1) is 18.3. The van der Waals surface area contributed by atoms with E-state index >= 15 is 0 Å². The van der Waals surface area contributed by atoms with Crippen molar-refractivity contribution in [2.45, 2.75) is 25.3 Å². The Morgan fingerprint density at radius 2 is 1.68 bits per heavy atom. The number of amides is 2. The van der Waals surface area contributed by atoms with Gasteiger partial charge < -0.3 is 4.42 Å². The first-order chi connectivity index (χ1) is 13.5. The average molecular weight is 389 g/mol. The molecule has 0 saturated carbocycles. The Bertz CT molecular complexity index is 1070. The lowest BCUT2D eigenvalue weighted by atomic mass is 10.0. The molecule has 2 heterocycles. The van der Waals surface area contributed by atoms with E-state index in [1.807, 2.05) is 62.4 Å². The molecule has 2 amide bonds. The van der Waals surface area contributed by atoms with E-state index in [4.69, 9.17) is 4.42 Å². The lowest BCUT2D eigenvalue weighted by molar-refractivity contribution is -0.137. The summed E-state index contributed by atoms with van der Waals surface area (Å²) in [4.78, 5) is 29.0. The van der Waals surface area contributed by atoms with Crippen LogP contribution in [-0.4, -0.2) is 16.7 Å². The summed E-state index contributed by atoms with van der Waals surface area (Å²) >= 11 is 1.33. The van der Waals surface area contributed by atoms with Gasteiger partial charge in [-0.25, -0.2) is 0 Å². The first-order valence-corrected chi connectivity index (χ1v) is 9.79. The lowest BCUT2D eigenvalue weighted by Crippen LogP contribution is -2.30. The fraction of sp³-hybridized carbons (Fsp3) is 0.130. The monoisotopic (exact) mass is 389 g/mol. The second-order valence-electron chi connectivity index (χ2n) is 6.69. The minimum atomic E-state index is -0.289. The molecule has 1 aliphatic rings. The molecule has 2 aromatic carbocycles. The third-order valence-electron chi connectivity index (χ3n) is 4.78. The van der Waals surface area contributed by atoms with Crippen LogP contribution in [-0.2, 0) is 16.1 Å². The number of carbonyl (C=O) groups excluding carboxylic acids is 2. The Kier molecular flexibility index (Phi) is 4.92. The van der Waals surface area contributed by atoms with Crippen LogP contribution in [0.2, 0.25) is 0 Å². The van der Waals surface area contributed by atoms with Crippen LogP contribution in [0.15, 0.2) is 81.1 Å². The molecule has 4 nitrogen and oxygen atoms in total. The fourth-order valence-electron chi connectivity index (χ4n) is 3.11. The summed E-state index contributed by atoms with van der Waals surface area (Å²) < 4.78 is 5.35. The maximum Gasteiger partial charge on any atom is 0.268 e. The molecule has 0 atom stereocenters. The number of imide groups is 1. The van der Waals surface area contributed by atoms with E-state index in [-0.39, 0.29) is 18.4 Å². The SMILES string of the molecule is Cc1ccc(C2=C(Sc3ccccc3)C(=O)N(Cc3ccco3)C2=O)cc1C. The average Bonchev–Trinajstić information content (AvgIpc) is 3.28. The van der Waals surface area contributed by atoms with Crippen LogP contribution in [0.25, 0.3) is 5.57 Å². The molecule has 3 aromatic rings. The molecule has 0 N–H and O–H groups in total. The molecule has 28 heavy (non-hydrogen) atoms. The minimum Gasteiger partial charge on any atom is -0.467 e. The fourth-order valence-corrected chi connectivity index (χ4v) is 4.14. The van der Waals surface area contributed by atoms with Gasteiger partial charge in [0.1, 0.15) is 5.76 Å². The summed E-state index contributed by atoms with van der Waals surface area (Å²) in [6, 6.07) is 19.0. The van der Waals surface area contributed by atoms with E-state index in [1.54, 1.807) is 12.1 Å². The Labute approximate surface area is 167 Å². The predicted octanol–water partition coefficient (Wildman–Crippen LogP) is 4.97. The van der Waals surface area contributed by atoms with Gasteiger partial charge in [-0.1, -0.05) is 48.2 Å². The summed E-state index contributed by atoms with van der Waals surface area (Å²) in [5.41, 5.74) is 3.44. The number of hydrogen-bond acceptors (Lipinski definition) is 4. The molecule has 4 rings (SSSR count). The number of furan rings is 1. The zero-order valence-corrected chi connectivity index (χ0v) is 16.5. The van der Waals surface area contributed by atoms with E-state index in [1.165, 1.54) is 22.9 Å². The molecule has 0 unspecified atom stereocenters. The van der Waals surface area contributed by atoms with Gasteiger partial charge in [-0.15, -0.1) is 0 Å². The topological polar surface area (TPSA) is 50.5 Å². The van der Waals surface area contributed by atoms with Crippen molar-refractivity contribution in [3.05, 3.63) is 94.3 Å². The van der Waals surface area contributed by atoms with E-state index in [9.17, 15) is 9.59 Å². The second-order valence-corrected chi connectivity index (χ2v) is 7.78. The Morgan fingerprint density at radius 3 is 2.36 bits per heavy atom. The Balaban J connectivity index is 1.78. The quantitative estimate of drug-likeness (QED) is 0.578. The summed E-state index contributed by atoms with van der Waals surface area (Å²) in [5.74, 6) is -0.00124. The highest BCUT2D eigenvalue weighted by atomic mass is 32.2. The normalized spacial score (nSPS) is 14.3. The largest absolute Gasteiger partial charge is 0.467 e. The molecular formula is C23H19NO3S. The molecule has 0 spiro atoms. The standard InChI is InChI=1S/C23H19NO3S/c1-15-10-11-17(13-16(15)2)20-21(28-19-8-4-3-5-9-19)23(26)24(22(20)25)14-18-7-6-12-27-18/h3-13H,14H2,1-2H3. The van der Waals surface area contributed by atoms with Crippen molar-refractivity contribution in [3.8, 4) is 0 Å². The predicted molar refractivity (Wildman–Crippen MR) is 109 cm³/mol. The maximum absolute atomic E-state index is 13.2. The number of aryl methyl sites for hydroxylation is 2. The van der Waals surface area contributed by atoms with Gasteiger partial charge in [0.15, 0.2) is 0 Å². The molecule has 1 aliphatic heterocycles. The first-order valence-electron chi connectivity index (χ1n) is 8.98. The van der Waals surface area contributed by atoms with Gasteiger partial charge in [0.2, 0.25) is 0 Å². The van der Waals surface area contributed by atoms with E-state index < -0.39 is 0 Å². The van der Waals surface area contributed by atoms with Crippen LogP contribution in [0.1, 0.15) is 22.5 Å². The summed E-state index contributed by atoms with van der Waals surface area (Å²) in [6.07, 6.45) is 1.54. The zero-order chi connectivity index (χ0) is 19.7. The molecular weight excluding hydrogens is 370 g/mol. The van der Waals surface area contributed by atoms with Crippen LogP contribution in [0.4, 0.5) is 0 Å². The van der Waals surface area contributed by atoms with Crippen molar-refractivity contribution >= 4 is 29.1 Å². The van der Waals surface area contributed by atoms with E-state index in [0.29, 0.717) is 16.2 Å². The van der Waals surface area contributed by atoms with Crippen LogP contribution in [0, 0.1) is 13.8 Å². The number of carbonyl (C=O) groups is 2. The van der Waals surface area contributed by atoms with Gasteiger partial charge in [0.25, 0.3) is 11.8 Å². The highest BCUT2D eigenvalue weighted by molar-refractivity contribution is 8.04. The van der Waals surface area contributed by atoms with E-state index in [2.05, 4.69) is 0 Å². The summed E-state index contributed by atoms with van der Waals surface area (Å²) in [6.45, 7) is 4.15. The zero-order valence-electron chi connectivity index (χ0n) is 15.6. The Morgan fingerprint density at radius 1 is 0.893 bits per heavy atom. The number of nitrogens with zero attached hydrogens (tertiary/aromatic N) is 1. The van der Waals surface area contributed by atoms with Crippen molar-refractivity contribution in [1.29, 1.82) is 0 Å². The lowest BCUT2D eigenvalue weighted by Gasteiger charge is -2.13. The smallest absolute Gasteiger partial charge is 0.268 e. The van der Waals surface area contributed by atoms with Crippen molar-refractivity contribution < 1.29 is 14.0 Å². The second kappa shape index (κ2) is 7.52. The van der Waals surface area contributed by atoms with Crippen LogP contribution in [0.3, 0.4) is 0 Å². The molecule has 0 fully saturated rings. The number of thioether (sulfide) groups is 1. The van der Waals surface area contributed by atoms with Crippen molar-refractivity contribution in [2.75, 3.05) is 0 Å². The third-order valence-corrected chi connectivity index (χ3v) is 5.87. The summed E-state index contributed by atoms with van der Waals surface area (Å²) in [7, 11) is 0. The van der Waals surface area contributed by atoms with Gasteiger partial charge in [0.05, 0.1) is 23.3 Å². The van der Waals surface area contributed by atoms with Gasteiger partial charge in [-0.05, 0) is 54.8 Å². The summed E-state index contributed by atoms with van der Waals surface area (Å²) in [5, 5.41) is 0. The molecule has 5 heteroatoms. The van der Waals surface area contributed by atoms with Crippen LogP contribution >= 0.6 is 11.8 Å². The van der Waals surface area contributed by atoms with Crippen molar-refractivity contribution in [3.63, 3.8) is 0 Å². The van der Waals surface area contributed by atoms with Crippen LogP contribution < -0.4 is 0 Å². The molecule has 0 aliphatic carbocycles. The van der Waals surface area contributed by atoms with E-state index in [0.717, 1.165) is 21.6 Å². The van der Waals surface area contributed by atoms with Crippen molar-refractivity contribution in [1.82, 2.24) is 4.90 Å². The highest BCUT2D eigenvalue weighted by Gasteiger charge is 2.39.